The molecule has 4 rings (SSSR count). The van der Waals surface area contributed by atoms with Gasteiger partial charge in [0.25, 0.3) is 11.8 Å². The Hall–Kier alpha value is -3.90. The van der Waals surface area contributed by atoms with Crippen molar-refractivity contribution >= 4 is 40.0 Å². The van der Waals surface area contributed by atoms with Crippen LogP contribution in [0, 0.1) is 6.92 Å². The smallest absolute Gasteiger partial charge is 0.256 e. The molecule has 0 aliphatic heterocycles. The predicted octanol–water partition coefficient (Wildman–Crippen LogP) is 5.22. The van der Waals surface area contributed by atoms with Gasteiger partial charge in [-0.25, -0.2) is 4.98 Å². The third-order valence-corrected chi connectivity index (χ3v) is 5.65. The number of carbonyl (C=O) groups is 2. The number of fused-ring (bicyclic) bond motifs is 1. The van der Waals surface area contributed by atoms with Crippen LogP contribution < -0.4 is 15.8 Å². The zero-order valence-corrected chi connectivity index (χ0v) is 18.2. The van der Waals surface area contributed by atoms with E-state index in [0.717, 1.165) is 16.9 Å². The molecule has 1 heterocycles. The maximum atomic E-state index is 13.3. The normalized spacial score (nSPS) is 10.7. The third-order valence-electron chi connectivity index (χ3n) is 5.24. The van der Waals surface area contributed by atoms with Crippen LogP contribution in [0.1, 0.15) is 26.3 Å². The van der Waals surface area contributed by atoms with Gasteiger partial charge in [-0.1, -0.05) is 29.8 Å². The molecule has 0 aliphatic carbocycles. The lowest BCUT2D eigenvalue weighted by Crippen LogP contribution is -2.18. The summed E-state index contributed by atoms with van der Waals surface area (Å²) >= 11 is 6.33. The molecular weight excluding hydrogens is 426 g/mol. The zero-order chi connectivity index (χ0) is 22.8. The van der Waals surface area contributed by atoms with Crippen molar-refractivity contribution in [3.63, 3.8) is 0 Å². The van der Waals surface area contributed by atoms with Gasteiger partial charge >= 0.3 is 0 Å². The third kappa shape index (κ3) is 4.00. The number of para-hydroxylation sites is 1. The van der Waals surface area contributed by atoms with E-state index in [9.17, 15) is 9.59 Å². The van der Waals surface area contributed by atoms with Crippen molar-refractivity contribution in [1.29, 1.82) is 0 Å². The molecule has 0 fully saturated rings. The van der Waals surface area contributed by atoms with E-state index in [4.69, 9.17) is 27.1 Å². The number of nitrogens with one attached hydrogen (secondary N) is 1. The Balaban J connectivity index is 1.86. The summed E-state index contributed by atoms with van der Waals surface area (Å²) < 4.78 is 5.23. The van der Waals surface area contributed by atoms with Crippen LogP contribution in [0.2, 0.25) is 5.02 Å². The van der Waals surface area contributed by atoms with Gasteiger partial charge in [0.05, 0.1) is 35.1 Å². The fourth-order valence-electron chi connectivity index (χ4n) is 3.50. The SMILES string of the molecule is COc1ccc(-c2cc(C(=O)Nc3ccccc3C(N)=O)c3ccc(Cl)c(C)c3n2)cc1. The van der Waals surface area contributed by atoms with Crippen LogP contribution in [0.5, 0.6) is 5.75 Å². The molecule has 0 bridgehead atoms. The van der Waals surface area contributed by atoms with Gasteiger partial charge in [-0.15, -0.1) is 0 Å². The highest BCUT2D eigenvalue weighted by Gasteiger charge is 2.18. The van der Waals surface area contributed by atoms with Gasteiger partial charge < -0.3 is 15.8 Å². The first-order valence-corrected chi connectivity index (χ1v) is 10.2. The van der Waals surface area contributed by atoms with Gasteiger partial charge in [0.15, 0.2) is 0 Å². The van der Waals surface area contributed by atoms with Gasteiger partial charge in [0.1, 0.15) is 5.75 Å². The van der Waals surface area contributed by atoms with Crippen molar-refractivity contribution in [1.82, 2.24) is 4.98 Å². The molecule has 0 aliphatic rings. The van der Waals surface area contributed by atoms with E-state index >= 15 is 0 Å². The van der Waals surface area contributed by atoms with Crippen molar-refractivity contribution in [2.45, 2.75) is 6.92 Å². The molecule has 0 radical (unpaired) electrons. The Kier molecular flexibility index (Phi) is 5.79. The number of rotatable bonds is 5. The lowest BCUT2D eigenvalue weighted by Gasteiger charge is -2.14. The van der Waals surface area contributed by atoms with Gasteiger partial charge in [0.2, 0.25) is 0 Å². The van der Waals surface area contributed by atoms with Crippen molar-refractivity contribution in [2.75, 3.05) is 12.4 Å². The maximum absolute atomic E-state index is 13.3. The number of amides is 2. The van der Waals surface area contributed by atoms with E-state index in [1.807, 2.05) is 31.2 Å². The quantitative estimate of drug-likeness (QED) is 0.440. The van der Waals surface area contributed by atoms with Crippen LogP contribution >= 0.6 is 11.6 Å². The summed E-state index contributed by atoms with van der Waals surface area (Å²) in [5.74, 6) is -0.292. The fraction of sp³-hybridized carbons (Fsp3) is 0.0800. The molecule has 0 spiro atoms. The second kappa shape index (κ2) is 8.69. The van der Waals surface area contributed by atoms with Crippen LogP contribution in [0.3, 0.4) is 0 Å². The van der Waals surface area contributed by atoms with Gasteiger partial charge in [0, 0.05) is 16.0 Å². The molecular formula is C25H20ClN3O3. The molecule has 0 unspecified atom stereocenters. The number of benzene rings is 3. The van der Waals surface area contributed by atoms with E-state index in [1.165, 1.54) is 0 Å². The number of anilines is 1. The summed E-state index contributed by atoms with van der Waals surface area (Å²) in [7, 11) is 1.60. The van der Waals surface area contributed by atoms with E-state index < -0.39 is 5.91 Å². The minimum atomic E-state index is -0.623. The minimum absolute atomic E-state index is 0.230. The molecule has 4 aromatic rings. The second-order valence-corrected chi connectivity index (χ2v) is 7.62. The van der Waals surface area contributed by atoms with Crippen LogP contribution in [0.4, 0.5) is 5.69 Å². The largest absolute Gasteiger partial charge is 0.497 e. The fourth-order valence-corrected chi connectivity index (χ4v) is 3.65. The monoisotopic (exact) mass is 445 g/mol. The Bertz CT molecular complexity index is 1350. The lowest BCUT2D eigenvalue weighted by atomic mass is 10.0. The summed E-state index contributed by atoms with van der Waals surface area (Å²) in [6.45, 7) is 1.86. The average Bonchev–Trinajstić information content (AvgIpc) is 2.81. The molecule has 7 heteroatoms. The van der Waals surface area contributed by atoms with Crippen molar-refractivity contribution in [3.8, 4) is 17.0 Å². The van der Waals surface area contributed by atoms with E-state index in [1.54, 1.807) is 49.6 Å². The zero-order valence-electron chi connectivity index (χ0n) is 17.5. The highest BCUT2D eigenvalue weighted by atomic mass is 35.5. The molecule has 3 aromatic carbocycles. The maximum Gasteiger partial charge on any atom is 0.256 e. The summed E-state index contributed by atoms with van der Waals surface area (Å²) in [6, 6.07) is 19.2. The van der Waals surface area contributed by atoms with Crippen LogP contribution in [-0.4, -0.2) is 23.9 Å². The molecule has 160 valence electrons. The first kappa shape index (κ1) is 21.3. The Morgan fingerprint density at radius 2 is 1.72 bits per heavy atom. The van der Waals surface area contributed by atoms with E-state index in [2.05, 4.69) is 5.32 Å². The van der Waals surface area contributed by atoms with Crippen LogP contribution in [-0.2, 0) is 0 Å². The number of aromatic nitrogens is 1. The first-order valence-electron chi connectivity index (χ1n) is 9.83. The molecule has 3 N–H and O–H groups in total. The number of nitrogens with zero attached hydrogens (tertiary/aromatic N) is 1. The number of methoxy groups -OCH3 is 1. The molecule has 0 atom stereocenters. The molecule has 2 amide bonds. The Labute approximate surface area is 190 Å². The topological polar surface area (TPSA) is 94.3 Å². The van der Waals surface area contributed by atoms with Gasteiger partial charge in [-0.05, 0) is 61.0 Å². The van der Waals surface area contributed by atoms with Crippen LogP contribution in [0.25, 0.3) is 22.2 Å². The Morgan fingerprint density at radius 3 is 2.41 bits per heavy atom. The number of hydrogen-bond acceptors (Lipinski definition) is 4. The highest BCUT2D eigenvalue weighted by Crippen LogP contribution is 2.31. The van der Waals surface area contributed by atoms with Crippen molar-refractivity contribution in [2.24, 2.45) is 5.73 Å². The predicted molar refractivity (Wildman–Crippen MR) is 126 cm³/mol. The number of ether oxygens (including phenoxy) is 1. The number of halogens is 1. The number of primary amides is 1. The van der Waals surface area contributed by atoms with Gasteiger partial charge in [-0.2, -0.15) is 0 Å². The standard InChI is InChI=1S/C25H20ClN3O3/c1-14-20(26)12-11-17-19(25(31)29-21-6-4-3-5-18(21)24(27)30)13-22(28-23(14)17)15-7-9-16(32-2)10-8-15/h3-13H,1-2H3,(H2,27,30)(H,29,31). The number of aryl methyl sites for hydroxylation is 1. The summed E-state index contributed by atoms with van der Waals surface area (Å²) in [4.78, 5) is 29.9. The number of hydrogen-bond donors (Lipinski definition) is 2. The summed E-state index contributed by atoms with van der Waals surface area (Å²) in [5.41, 5.74) is 9.25. The minimum Gasteiger partial charge on any atom is -0.497 e. The van der Waals surface area contributed by atoms with Crippen molar-refractivity contribution < 1.29 is 14.3 Å². The second-order valence-electron chi connectivity index (χ2n) is 7.22. The average molecular weight is 446 g/mol. The van der Waals surface area contributed by atoms with Gasteiger partial charge in [-0.3, -0.25) is 9.59 Å². The molecule has 0 saturated heterocycles. The van der Waals surface area contributed by atoms with Crippen LogP contribution in [0.15, 0.2) is 66.7 Å². The Morgan fingerprint density at radius 1 is 1.00 bits per heavy atom. The van der Waals surface area contributed by atoms with Crippen molar-refractivity contribution in [3.05, 3.63) is 88.4 Å². The summed E-state index contributed by atoms with van der Waals surface area (Å²) in [5, 5.41) is 4.02. The van der Waals surface area contributed by atoms with E-state index in [0.29, 0.717) is 32.9 Å². The summed E-state index contributed by atoms with van der Waals surface area (Å²) in [6.07, 6.45) is 0. The first-order chi connectivity index (χ1) is 15.4. The molecule has 32 heavy (non-hydrogen) atoms. The number of carbonyl (C=O) groups excluding carboxylic acids is 2. The molecule has 0 saturated carbocycles. The highest BCUT2D eigenvalue weighted by molar-refractivity contribution is 6.32. The lowest BCUT2D eigenvalue weighted by molar-refractivity contribution is 0.100. The van der Waals surface area contributed by atoms with E-state index in [-0.39, 0.29) is 11.5 Å². The number of nitrogens with two attached hydrogens (primary N) is 1. The molecule has 6 nitrogen and oxygen atoms in total. The number of pyridine rings is 1. The molecule has 1 aromatic heterocycles.